The van der Waals surface area contributed by atoms with Crippen molar-refractivity contribution < 1.29 is 8.42 Å². The summed E-state index contributed by atoms with van der Waals surface area (Å²) < 4.78 is 27.1. The Morgan fingerprint density at radius 1 is 1.21 bits per heavy atom. The molecule has 0 aliphatic carbocycles. The van der Waals surface area contributed by atoms with E-state index in [0.717, 1.165) is 5.56 Å². The molecule has 0 heterocycles. The molecule has 0 aliphatic heterocycles. The summed E-state index contributed by atoms with van der Waals surface area (Å²) in [5.41, 5.74) is 6.20. The zero-order valence-corrected chi connectivity index (χ0v) is 12.7. The first-order valence-corrected chi connectivity index (χ1v) is 8.14. The van der Waals surface area contributed by atoms with Gasteiger partial charge in [0, 0.05) is 6.04 Å². The van der Waals surface area contributed by atoms with Crippen molar-refractivity contribution in [2.24, 2.45) is 11.1 Å². The fraction of sp³-hybridized carbons (Fsp3) is 0.571. The third-order valence-electron chi connectivity index (χ3n) is 3.02. The molecule has 1 aromatic carbocycles. The van der Waals surface area contributed by atoms with Crippen LogP contribution in [-0.2, 0) is 15.8 Å². The Labute approximate surface area is 116 Å². The molecule has 1 atom stereocenters. The monoisotopic (exact) mass is 284 g/mol. The Bertz CT molecular complexity index is 478. The van der Waals surface area contributed by atoms with E-state index in [4.69, 9.17) is 5.73 Å². The van der Waals surface area contributed by atoms with E-state index in [2.05, 4.69) is 4.72 Å². The number of nitrogens with two attached hydrogens (primary N) is 1. The molecule has 0 saturated carbocycles. The zero-order valence-electron chi connectivity index (χ0n) is 11.9. The van der Waals surface area contributed by atoms with Gasteiger partial charge in [-0.25, -0.2) is 13.1 Å². The maximum atomic E-state index is 12.2. The van der Waals surface area contributed by atoms with Crippen LogP contribution in [0.15, 0.2) is 30.3 Å². The summed E-state index contributed by atoms with van der Waals surface area (Å²) in [5, 5.41) is 0. The van der Waals surface area contributed by atoms with Crippen LogP contribution in [0.5, 0.6) is 0 Å². The average Bonchev–Trinajstić information content (AvgIpc) is 2.27. The molecule has 0 aliphatic rings. The maximum absolute atomic E-state index is 12.2. The van der Waals surface area contributed by atoms with Gasteiger partial charge in [-0.1, -0.05) is 51.1 Å². The highest BCUT2D eigenvalue weighted by Crippen LogP contribution is 2.22. The number of sulfonamides is 1. The minimum Gasteiger partial charge on any atom is -0.330 e. The van der Waals surface area contributed by atoms with Crippen LogP contribution in [0.2, 0.25) is 0 Å². The maximum Gasteiger partial charge on any atom is 0.216 e. The molecule has 3 N–H and O–H groups in total. The molecular formula is C14H24N2O2S. The lowest BCUT2D eigenvalue weighted by atomic mass is 9.85. The van der Waals surface area contributed by atoms with Gasteiger partial charge in [-0.3, -0.25) is 0 Å². The van der Waals surface area contributed by atoms with Gasteiger partial charge in [0.2, 0.25) is 10.0 Å². The molecule has 1 rings (SSSR count). The smallest absolute Gasteiger partial charge is 0.216 e. The highest BCUT2D eigenvalue weighted by molar-refractivity contribution is 7.88. The Hall–Kier alpha value is -0.910. The summed E-state index contributed by atoms with van der Waals surface area (Å²) in [6.07, 6.45) is 0.636. The normalized spacial score (nSPS) is 14.3. The summed E-state index contributed by atoms with van der Waals surface area (Å²) in [6.45, 7) is 6.50. The predicted octanol–water partition coefficient (Wildman–Crippen LogP) is 1.87. The lowest BCUT2D eigenvalue weighted by molar-refractivity contribution is 0.287. The fourth-order valence-electron chi connectivity index (χ4n) is 1.89. The first-order chi connectivity index (χ1) is 8.74. The van der Waals surface area contributed by atoms with Crippen LogP contribution >= 0.6 is 0 Å². The van der Waals surface area contributed by atoms with Gasteiger partial charge in [-0.2, -0.15) is 0 Å². The standard InChI is InChI=1S/C14H24N2O2S/c1-14(2,3)13(9-10-15)16-19(17,18)11-12-7-5-4-6-8-12/h4-8,13,16H,9-11,15H2,1-3H3. The number of hydrogen-bond donors (Lipinski definition) is 2. The Kier molecular flexibility index (Phi) is 5.52. The quantitative estimate of drug-likeness (QED) is 0.837. The van der Waals surface area contributed by atoms with E-state index in [1.54, 1.807) is 0 Å². The van der Waals surface area contributed by atoms with E-state index in [0.29, 0.717) is 13.0 Å². The molecule has 0 bridgehead atoms. The SMILES string of the molecule is CC(C)(C)C(CCN)NS(=O)(=O)Cc1ccccc1. The van der Waals surface area contributed by atoms with E-state index >= 15 is 0 Å². The van der Waals surface area contributed by atoms with E-state index in [-0.39, 0.29) is 17.2 Å². The van der Waals surface area contributed by atoms with E-state index in [9.17, 15) is 8.42 Å². The van der Waals surface area contributed by atoms with E-state index < -0.39 is 10.0 Å². The van der Waals surface area contributed by atoms with Crippen molar-refractivity contribution in [2.45, 2.75) is 39.0 Å². The molecule has 108 valence electrons. The molecular weight excluding hydrogens is 260 g/mol. The fourth-order valence-corrected chi connectivity index (χ4v) is 3.51. The van der Waals surface area contributed by atoms with Crippen LogP contribution in [0.4, 0.5) is 0 Å². The molecule has 5 heteroatoms. The molecule has 0 radical (unpaired) electrons. The minimum absolute atomic E-state index is 0.00495. The van der Waals surface area contributed by atoms with Crippen molar-refractivity contribution in [3.8, 4) is 0 Å². The molecule has 1 unspecified atom stereocenters. The second-order valence-electron chi connectivity index (χ2n) is 5.86. The third kappa shape index (κ3) is 5.72. The van der Waals surface area contributed by atoms with Gasteiger partial charge in [0.05, 0.1) is 5.75 Å². The molecule has 0 aromatic heterocycles. The lowest BCUT2D eigenvalue weighted by Crippen LogP contribution is -2.45. The van der Waals surface area contributed by atoms with Gasteiger partial charge >= 0.3 is 0 Å². The number of nitrogens with one attached hydrogen (secondary N) is 1. The van der Waals surface area contributed by atoms with Crippen LogP contribution in [-0.4, -0.2) is 21.0 Å². The number of benzene rings is 1. The van der Waals surface area contributed by atoms with Gasteiger partial charge in [0.15, 0.2) is 0 Å². The van der Waals surface area contributed by atoms with Crippen molar-refractivity contribution in [1.29, 1.82) is 0 Å². The van der Waals surface area contributed by atoms with Crippen molar-refractivity contribution in [3.63, 3.8) is 0 Å². The topological polar surface area (TPSA) is 72.2 Å². The second-order valence-corrected chi connectivity index (χ2v) is 7.61. The van der Waals surface area contributed by atoms with Crippen LogP contribution in [0.1, 0.15) is 32.8 Å². The number of rotatable bonds is 6. The summed E-state index contributed by atoms with van der Waals surface area (Å²) >= 11 is 0. The zero-order chi connectivity index (χ0) is 14.5. The first-order valence-electron chi connectivity index (χ1n) is 6.48. The lowest BCUT2D eigenvalue weighted by Gasteiger charge is -2.31. The average molecular weight is 284 g/mol. The van der Waals surface area contributed by atoms with Gasteiger partial charge in [-0.05, 0) is 23.9 Å². The Morgan fingerprint density at radius 3 is 2.26 bits per heavy atom. The van der Waals surface area contributed by atoms with Gasteiger partial charge < -0.3 is 5.73 Å². The highest BCUT2D eigenvalue weighted by Gasteiger charge is 2.28. The molecule has 19 heavy (non-hydrogen) atoms. The second kappa shape index (κ2) is 6.50. The molecule has 0 spiro atoms. The van der Waals surface area contributed by atoms with Crippen LogP contribution in [0.25, 0.3) is 0 Å². The first kappa shape index (κ1) is 16.1. The summed E-state index contributed by atoms with van der Waals surface area (Å²) in [6, 6.07) is 9.03. The summed E-state index contributed by atoms with van der Waals surface area (Å²) in [7, 11) is -3.34. The molecule has 0 saturated heterocycles. The van der Waals surface area contributed by atoms with Crippen LogP contribution < -0.4 is 10.5 Å². The minimum atomic E-state index is -3.34. The molecule has 4 nitrogen and oxygen atoms in total. The van der Waals surface area contributed by atoms with Crippen molar-refractivity contribution >= 4 is 10.0 Å². The molecule has 0 fully saturated rings. The molecule has 1 aromatic rings. The summed E-state index contributed by atoms with van der Waals surface area (Å²) in [4.78, 5) is 0. The van der Waals surface area contributed by atoms with E-state index in [1.165, 1.54) is 0 Å². The third-order valence-corrected chi connectivity index (χ3v) is 4.38. The van der Waals surface area contributed by atoms with Crippen molar-refractivity contribution in [1.82, 2.24) is 4.72 Å². The van der Waals surface area contributed by atoms with E-state index in [1.807, 2.05) is 51.1 Å². The van der Waals surface area contributed by atoms with Crippen LogP contribution in [0, 0.1) is 5.41 Å². The van der Waals surface area contributed by atoms with Gasteiger partial charge in [0.25, 0.3) is 0 Å². The summed E-state index contributed by atoms with van der Waals surface area (Å²) in [5.74, 6) is 0.00495. The highest BCUT2D eigenvalue weighted by atomic mass is 32.2. The Balaban J connectivity index is 2.77. The van der Waals surface area contributed by atoms with Crippen LogP contribution in [0.3, 0.4) is 0 Å². The van der Waals surface area contributed by atoms with Crippen molar-refractivity contribution in [2.75, 3.05) is 6.54 Å². The predicted molar refractivity (Wildman–Crippen MR) is 79.1 cm³/mol. The van der Waals surface area contributed by atoms with Gasteiger partial charge in [0.1, 0.15) is 0 Å². The number of hydrogen-bond acceptors (Lipinski definition) is 3. The van der Waals surface area contributed by atoms with Crippen molar-refractivity contribution in [3.05, 3.63) is 35.9 Å². The molecule has 0 amide bonds. The van der Waals surface area contributed by atoms with Gasteiger partial charge in [-0.15, -0.1) is 0 Å². The largest absolute Gasteiger partial charge is 0.330 e. The Morgan fingerprint density at radius 2 is 1.79 bits per heavy atom.